The largest absolute Gasteiger partial charge is 0.416 e. The highest BCUT2D eigenvalue weighted by Gasteiger charge is 2.32. The maximum absolute atomic E-state index is 14.1. The van der Waals surface area contributed by atoms with Crippen molar-refractivity contribution in [1.29, 1.82) is 0 Å². The Kier molecular flexibility index (Phi) is 7.64. The van der Waals surface area contributed by atoms with Gasteiger partial charge in [0.25, 0.3) is 5.91 Å². The molecule has 6 nitrogen and oxygen atoms in total. The fourth-order valence-electron chi connectivity index (χ4n) is 3.08. The van der Waals surface area contributed by atoms with E-state index in [1.165, 1.54) is 28.4 Å². The van der Waals surface area contributed by atoms with Gasteiger partial charge in [0.2, 0.25) is 5.13 Å². The lowest BCUT2D eigenvalue weighted by atomic mass is 10.1. The summed E-state index contributed by atoms with van der Waals surface area (Å²) in [6, 6.07) is 8.06. The van der Waals surface area contributed by atoms with E-state index in [1.807, 2.05) is 0 Å². The molecule has 0 spiro atoms. The molecule has 4 rings (SSSR count). The molecule has 0 saturated heterocycles. The molecular formula is C21H16ClF4N5OS2. The van der Waals surface area contributed by atoms with Crippen molar-refractivity contribution in [3.8, 4) is 16.4 Å². The number of hydrogen-bond acceptors (Lipinski definition) is 5. The van der Waals surface area contributed by atoms with E-state index in [9.17, 15) is 22.4 Å². The molecule has 0 aliphatic carbocycles. The predicted molar refractivity (Wildman–Crippen MR) is 125 cm³/mol. The smallest absolute Gasteiger partial charge is 0.342 e. The number of nitrogens with zero attached hydrogens (tertiary/aromatic N) is 4. The van der Waals surface area contributed by atoms with Crippen molar-refractivity contribution < 1.29 is 22.4 Å². The van der Waals surface area contributed by atoms with Crippen LogP contribution in [0.1, 0.15) is 34.7 Å². The second kappa shape index (κ2) is 10.1. The van der Waals surface area contributed by atoms with Crippen molar-refractivity contribution in [2.24, 2.45) is 0 Å². The zero-order valence-corrected chi connectivity index (χ0v) is 19.8. The summed E-state index contributed by atoms with van der Waals surface area (Å²) in [5.74, 6) is -0.902. The Morgan fingerprint density at radius 2 is 1.94 bits per heavy atom. The third-order valence-corrected chi connectivity index (χ3v) is 5.65. The normalized spacial score (nSPS) is 12.2. The number of nitrogens with one attached hydrogen (secondary N) is 1. The maximum Gasteiger partial charge on any atom is 0.416 e. The molecule has 1 N–H and O–H groups in total. The number of carbonyl (C=O) groups excluding carboxylic acids is 1. The number of thiazole rings is 1. The lowest BCUT2D eigenvalue weighted by molar-refractivity contribution is -0.137. The molecule has 13 heteroatoms. The van der Waals surface area contributed by atoms with Crippen molar-refractivity contribution in [1.82, 2.24) is 25.1 Å². The molecule has 178 valence electrons. The van der Waals surface area contributed by atoms with Crippen molar-refractivity contribution in [2.75, 3.05) is 0 Å². The number of benzene rings is 2. The Balaban J connectivity index is 0.00000324. The molecular weight excluding hydrogens is 514 g/mol. The van der Waals surface area contributed by atoms with Crippen molar-refractivity contribution in [3.05, 3.63) is 82.0 Å². The van der Waals surface area contributed by atoms with Gasteiger partial charge in [-0.1, -0.05) is 23.7 Å². The van der Waals surface area contributed by atoms with Gasteiger partial charge in [0, 0.05) is 21.5 Å². The number of hydrogen-bond donors (Lipinski definition) is 1. The van der Waals surface area contributed by atoms with Gasteiger partial charge in [-0.2, -0.15) is 36.4 Å². The molecule has 0 fully saturated rings. The lowest BCUT2D eigenvalue weighted by Gasteiger charge is -2.15. The monoisotopic (exact) mass is 529 g/mol. The van der Waals surface area contributed by atoms with Gasteiger partial charge in [-0.25, -0.2) is 14.4 Å². The van der Waals surface area contributed by atoms with Gasteiger partial charge in [-0.15, -0.1) is 11.3 Å². The number of rotatable bonds is 5. The molecule has 2 heterocycles. The van der Waals surface area contributed by atoms with E-state index in [2.05, 4.69) is 20.4 Å². The van der Waals surface area contributed by atoms with Crippen LogP contribution < -0.4 is 5.32 Å². The molecule has 0 bridgehead atoms. The van der Waals surface area contributed by atoms with Gasteiger partial charge in [0.15, 0.2) is 5.82 Å². The van der Waals surface area contributed by atoms with Crippen molar-refractivity contribution in [2.45, 2.75) is 19.1 Å². The standard InChI is InChI=1S/C21H14ClF4N5OS.H2S/c1-11(29-19(32)12-6-13(21(24,25)26)8-14(22)7-12)18-27-10-28-31(18)20-30-17(9-33-20)15-4-2-3-5-16(15)23;/h2-11H,1H3,(H,29,32);1H2/t11-;/m0./s1. The minimum atomic E-state index is -4.65. The van der Waals surface area contributed by atoms with Crippen molar-refractivity contribution >= 4 is 42.3 Å². The zero-order valence-electron chi connectivity index (χ0n) is 17.3. The zero-order chi connectivity index (χ0) is 23.8. The molecule has 2 aromatic heterocycles. The van der Waals surface area contributed by atoms with E-state index >= 15 is 0 Å². The van der Waals surface area contributed by atoms with E-state index in [0.29, 0.717) is 16.4 Å². The van der Waals surface area contributed by atoms with Gasteiger partial charge in [-0.3, -0.25) is 4.79 Å². The average Bonchev–Trinajstić information content (AvgIpc) is 3.42. The third-order valence-electron chi connectivity index (χ3n) is 4.62. The molecule has 1 amide bonds. The summed E-state index contributed by atoms with van der Waals surface area (Å²) in [7, 11) is 0. The molecule has 0 aliphatic rings. The Labute approximate surface area is 207 Å². The number of amides is 1. The number of carbonyl (C=O) groups is 1. The number of alkyl halides is 3. The first kappa shape index (κ1) is 25.7. The number of halogens is 5. The Morgan fingerprint density at radius 3 is 2.65 bits per heavy atom. The SMILES string of the molecule is C[C@H](NC(=O)c1cc(Cl)cc(C(F)(F)F)c1)c1ncnn1-c1nc(-c2ccccc2F)cs1.S. The first-order valence-corrected chi connectivity index (χ1v) is 10.7. The Hall–Kier alpha value is -2.96. The molecule has 34 heavy (non-hydrogen) atoms. The van der Waals surface area contributed by atoms with Crippen molar-refractivity contribution in [3.63, 3.8) is 0 Å². The van der Waals surface area contributed by atoms with E-state index < -0.39 is 29.5 Å². The minimum absolute atomic E-state index is 0. The maximum atomic E-state index is 14.1. The first-order chi connectivity index (χ1) is 15.6. The van der Waals surface area contributed by atoms with Crippen LogP contribution in [0.2, 0.25) is 5.02 Å². The first-order valence-electron chi connectivity index (χ1n) is 9.43. The second-order valence-corrected chi connectivity index (χ2v) is 8.22. The topological polar surface area (TPSA) is 72.7 Å². The molecule has 2 aromatic carbocycles. The summed E-state index contributed by atoms with van der Waals surface area (Å²) in [5, 5.41) is 8.53. The molecule has 4 aromatic rings. The highest BCUT2D eigenvalue weighted by atomic mass is 35.5. The van der Waals surface area contributed by atoms with Crippen LogP contribution in [0.15, 0.2) is 54.2 Å². The third kappa shape index (κ3) is 5.40. The summed E-state index contributed by atoms with van der Waals surface area (Å²) in [6.45, 7) is 1.60. The van der Waals surface area contributed by atoms with Gasteiger partial charge < -0.3 is 5.32 Å². The fourth-order valence-corrected chi connectivity index (χ4v) is 4.10. The van der Waals surface area contributed by atoms with E-state index in [0.717, 1.165) is 18.2 Å². The predicted octanol–water partition coefficient (Wildman–Crippen LogP) is 5.81. The number of aromatic nitrogens is 4. The van der Waals surface area contributed by atoms with E-state index in [1.54, 1.807) is 30.5 Å². The van der Waals surface area contributed by atoms with Crippen LogP contribution in [-0.2, 0) is 6.18 Å². The van der Waals surface area contributed by atoms with Gasteiger partial charge in [0.1, 0.15) is 12.1 Å². The molecule has 0 radical (unpaired) electrons. The van der Waals surface area contributed by atoms with Crippen LogP contribution in [0, 0.1) is 5.82 Å². The van der Waals surface area contributed by atoms with E-state index in [4.69, 9.17) is 11.6 Å². The van der Waals surface area contributed by atoms with E-state index in [-0.39, 0.29) is 29.9 Å². The van der Waals surface area contributed by atoms with Crippen LogP contribution in [0.5, 0.6) is 0 Å². The van der Waals surface area contributed by atoms with Gasteiger partial charge in [0.05, 0.1) is 17.3 Å². The minimum Gasteiger partial charge on any atom is -0.342 e. The summed E-state index contributed by atoms with van der Waals surface area (Å²) in [4.78, 5) is 21.1. The molecule has 0 saturated carbocycles. The van der Waals surface area contributed by atoms with Crippen LogP contribution in [-0.4, -0.2) is 25.7 Å². The molecule has 0 unspecified atom stereocenters. The summed E-state index contributed by atoms with van der Waals surface area (Å²) in [6.07, 6.45) is -3.39. The molecule has 0 aliphatic heterocycles. The highest BCUT2D eigenvalue weighted by molar-refractivity contribution is 7.59. The van der Waals surface area contributed by atoms with Crippen LogP contribution in [0.25, 0.3) is 16.4 Å². The van der Waals surface area contributed by atoms with Gasteiger partial charge in [-0.05, 0) is 37.3 Å². The highest BCUT2D eigenvalue weighted by Crippen LogP contribution is 2.32. The second-order valence-electron chi connectivity index (χ2n) is 6.95. The van der Waals surface area contributed by atoms with Crippen LogP contribution >= 0.6 is 36.4 Å². The Bertz CT molecular complexity index is 1320. The van der Waals surface area contributed by atoms with Crippen LogP contribution in [0.3, 0.4) is 0 Å². The summed E-state index contributed by atoms with van der Waals surface area (Å²) >= 11 is 6.96. The van der Waals surface area contributed by atoms with Gasteiger partial charge >= 0.3 is 6.18 Å². The molecule has 1 atom stereocenters. The van der Waals surface area contributed by atoms with Crippen LogP contribution in [0.4, 0.5) is 17.6 Å². The summed E-state index contributed by atoms with van der Waals surface area (Å²) < 4.78 is 54.6. The Morgan fingerprint density at radius 1 is 1.21 bits per heavy atom. The fraction of sp³-hybridized carbons (Fsp3) is 0.143. The lowest BCUT2D eigenvalue weighted by Crippen LogP contribution is -2.29. The summed E-state index contributed by atoms with van der Waals surface area (Å²) in [5.41, 5.74) is -0.544. The average molecular weight is 530 g/mol. The quantitative estimate of drug-likeness (QED) is 0.331.